The minimum Gasteiger partial charge on any atom is -0.497 e. The molecule has 30 heavy (non-hydrogen) atoms. The highest BCUT2D eigenvalue weighted by molar-refractivity contribution is 7.92. The van der Waals surface area contributed by atoms with E-state index in [2.05, 4.69) is 5.32 Å². The highest BCUT2D eigenvalue weighted by Gasteiger charge is 2.25. The van der Waals surface area contributed by atoms with E-state index in [4.69, 9.17) is 14.2 Å². The number of aryl methyl sites for hydroxylation is 1. The molecule has 0 heterocycles. The predicted molar refractivity (Wildman–Crippen MR) is 116 cm³/mol. The van der Waals surface area contributed by atoms with E-state index in [1.807, 2.05) is 31.2 Å². The van der Waals surface area contributed by atoms with Gasteiger partial charge in [-0.1, -0.05) is 17.7 Å². The van der Waals surface area contributed by atoms with Crippen molar-refractivity contribution in [3.05, 3.63) is 48.0 Å². The monoisotopic (exact) mass is 436 g/mol. The van der Waals surface area contributed by atoms with Crippen molar-refractivity contribution in [2.75, 3.05) is 37.9 Å². The maximum absolute atomic E-state index is 12.5. The Morgan fingerprint density at radius 1 is 1.07 bits per heavy atom. The number of rotatable bonds is 10. The van der Waals surface area contributed by atoms with Gasteiger partial charge >= 0.3 is 0 Å². The van der Waals surface area contributed by atoms with Crippen LogP contribution in [-0.4, -0.2) is 54.0 Å². The number of methoxy groups -OCH3 is 2. The first-order valence-electron chi connectivity index (χ1n) is 9.32. The van der Waals surface area contributed by atoms with Gasteiger partial charge in [-0.05, 0) is 38.1 Å². The van der Waals surface area contributed by atoms with Gasteiger partial charge in [0.15, 0.2) is 0 Å². The molecule has 0 aliphatic heterocycles. The topological polar surface area (TPSA) is 94.2 Å². The number of carbonyl (C=O) groups is 1. The molecule has 0 aliphatic carbocycles. The van der Waals surface area contributed by atoms with Crippen molar-refractivity contribution in [3.63, 3.8) is 0 Å². The van der Waals surface area contributed by atoms with Gasteiger partial charge in [0.25, 0.3) is 0 Å². The molecule has 0 saturated heterocycles. The van der Waals surface area contributed by atoms with Gasteiger partial charge in [-0.2, -0.15) is 0 Å². The smallest absolute Gasteiger partial charge is 0.241 e. The van der Waals surface area contributed by atoms with Crippen molar-refractivity contribution in [2.45, 2.75) is 19.9 Å². The fraction of sp³-hybridized carbons (Fsp3) is 0.381. The molecule has 9 heteroatoms. The van der Waals surface area contributed by atoms with Gasteiger partial charge < -0.3 is 19.5 Å². The van der Waals surface area contributed by atoms with Crippen LogP contribution in [0.15, 0.2) is 42.5 Å². The molecule has 0 aliphatic rings. The summed E-state index contributed by atoms with van der Waals surface area (Å²) in [5.74, 6) is 0.982. The molecule has 8 nitrogen and oxygen atoms in total. The zero-order valence-corrected chi connectivity index (χ0v) is 18.7. The van der Waals surface area contributed by atoms with Gasteiger partial charge in [0.1, 0.15) is 30.4 Å². The lowest BCUT2D eigenvalue weighted by molar-refractivity contribution is -0.120. The first kappa shape index (κ1) is 23.3. The Morgan fingerprint density at radius 3 is 2.27 bits per heavy atom. The van der Waals surface area contributed by atoms with Crippen molar-refractivity contribution in [1.82, 2.24) is 5.32 Å². The van der Waals surface area contributed by atoms with Gasteiger partial charge in [0.2, 0.25) is 15.9 Å². The van der Waals surface area contributed by atoms with Crippen LogP contribution >= 0.6 is 0 Å². The lowest BCUT2D eigenvalue weighted by atomic mass is 10.2. The molecule has 0 aromatic heterocycles. The summed E-state index contributed by atoms with van der Waals surface area (Å²) in [6.07, 6.45) is 1.03. The summed E-state index contributed by atoms with van der Waals surface area (Å²) in [5, 5.41) is 2.76. The van der Waals surface area contributed by atoms with E-state index in [9.17, 15) is 13.2 Å². The number of hydrogen-bond acceptors (Lipinski definition) is 6. The minimum absolute atomic E-state index is 0.220. The Hall–Kier alpha value is -2.94. The molecule has 2 aromatic rings. The first-order chi connectivity index (χ1) is 14.1. The van der Waals surface area contributed by atoms with E-state index < -0.39 is 22.5 Å². The molecular weight excluding hydrogens is 408 g/mol. The first-order valence-corrected chi connectivity index (χ1v) is 11.2. The molecule has 1 N–H and O–H groups in total. The van der Waals surface area contributed by atoms with Gasteiger partial charge in [-0.3, -0.25) is 9.10 Å². The van der Waals surface area contributed by atoms with E-state index in [0.29, 0.717) is 17.2 Å². The number of ether oxygens (including phenoxy) is 3. The maximum atomic E-state index is 12.5. The van der Waals surface area contributed by atoms with Gasteiger partial charge in [0, 0.05) is 6.07 Å². The van der Waals surface area contributed by atoms with E-state index in [1.54, 1.807) is 19.1 Å². The second kappa shape index (κ2) is 10.2. The van der Waals surface area contributed by atoms with E-state index >= 15 is 0 Å². The Labute approximate surface area is 177 Å². The van der Waals surface area contributed by atoms with E-state index in [-0.39, 0.29) is 18.3 Å². The standard InChI is InChI=1S/C21H28N2O6S/c1-15-6-8-17(9-7-15)29-14-16(2)22-21(24)13-23(30(5,25)26)19-12-18(27-3)10-11-20(19)28-4/h6-12,16H,13-14H2,1-5H3,(H,22,24). The second-order valence-electron chi connectivity index (χ2n) is 6.90. The summed E-state index contributed by atoms with van der Waals surface area (Å²) in [7, 11) is -0.862. The number of anilines is 1. The fourth-order valence-electron chi connectivity index (χ4n) is 2.72. The van der Waals surface area contributed by atoms with Crippen LogP contribution in [0.1, 0.15) is 12.5 Å². The summed E-state index contributed by atoms with van der Waals surface area (Å²) in [5.41, 5.74) is 1.34. The molecule has 0 bridgehead atoms. The van der Waals surface area contributed by atoms with Crippen LogP contribution in [0.2, 0.25) is 0 Å². The van der Waals surface area contributed by atoms with Crippen LogP contribution in [-0.2, 0) is 14.8 Å². The SMILES string of the molecule is COc1ccc(OC)c(N(CC(=O)NC(C)COc2ccc(C)cc2)S(C)(=O)=O)c1. The minimum atomic E-state index is -3.76. The molecule has 0 fully saturated rings. The summed E-state index contributed by atoms with van der Waals surface area (Å²) in [4.78, 5) is 12.5. The Morgan fingerprint density at radius 2 is 1.70 bits per heavy atom. The lowest BCUT2D eigenvalue weighted by Crippen LogP contribution is -2.45. The largest absolute Gasteiger partial charge is 0.497 e. The van der Waals surface area contributed by atoms with E-state index in [1.165, 1.54) is 20.3 Å². The molecule has 2 rings (SSSR count). The Balaban J connectivity index is 2.08. The van der Waals surface area contributed by atoms with Crippen molar-refractivity contribution in [2.24, 2.45) is 0 Å². The van der Waals surface area contributed by atoms with Crippen molar-refractivity contribution in [3.8, 4) is 17.2 Å². The van der Waals surface area contributed by atoms with Crippen LogP contribution in [0.3, 0.4) is 0 Å². The number of hydrogen-bond donors (Lipinski definition) is 1. The van der Waals surface area contributed by atoms with Crippen LogP contribution < -0.4 is 23.8 Å². The zero-order chi connectivity index (χ0) is 22.3. The number of benzene rings is 2. The molecule has 164 valence electrons. The van der Waals surface area contributed by atoms with Gasteiger partial charge in [0.05, 0.1) is 32.2 Å². The lowest BCUT2D eigenvalue weighted by Gasteiger charge is -2.25. The zero-order valence-electron chi connectivity index (χ0n) is 17.8. The second-order valence-corrected chi connectivity index (χ2v) is 8.81. The number of nitrogens with zero attached hydrogens (tertiary/aromatic N) is 1. The van der Waals surface area contributed by atoms with Crippen molar-refractivity contribution < 1.29 is 27.4 Å². The predicted octanol–water partition coefficient (Wildman–Crippen LogP) is 2.36. The van der Waals surface area contributed by atoms with Crippen LogP contribution in [0.4, 0.5) is 5.69 Å². The van der Waals surface area contributed by atoms with Crippen LogP contribution in [0.5, 0.6) is 17.2 Å². The summed E-state index contributed by atoms with van der Waals surface area (Å²) >= 11 is 0. The quantitative estimate of drug-likeness (QED) is 0.615. The summed E-state index contributed by atoms with van der Waals surface area (Å²) in [6.45, 7) is 3.61. The van der Waals surface area contributed by atoms with Gasteiger partial charge in [-0.25, -0.2) is 8.42 Å². The molecule has 1 atom stereocenters. The number of nitrogens with one attached hydrogen (secondary N) is 1. The number of amides is 1. The van der Waals surface area contributed by atoms with Crippen molar-refractivity contribution in [1.29, 1.82) is 0 Å². The molecule has 1 amide bonds. The average Bonchev–Trinajstić information content (AvgIpc) is 2.70. The Kier molecular flexibility index (Phi) is 7.93. The summed E-state index contributed by atoms with van der Waals surface area (Å²) < 4.78 is 41.9. The molecular formula is C21H28N2O6S. The number of carbonyl (C=O) groups excluding carboxylic acids is 1. The highest BCUT2D eigenvalue weighted by atomic mass is 32.2. The van der Waals surface area contributed by atoms with Gasteiger partial charge in [-0.15, -0.1) is 0 Å². The third kappa shape index (κ3) is 6.55. The third-order valence-corrected chi connectivity index (χ3v) is 5.40. The molecule has 0 spiro atoms. The van der Waals surface area contributed by atoms with Crippen molar-refractivity contribution >= 4 is 21.6 Å². The Bertz CT molecular complexity index is 960. The maximum Gasteiger partial charge on any atom is 0.241 e. The third-order valence-electron chi connectivity index (χ3n) is 4.27. The summed E-state index contributed by atoms with van der Waals surface area (Å²) in [6, 6.07) is 12.0. The molecule has 2 aromatic carbocycles. The van der Waals surface area contributed by atoms with Crippen LogP contribution in [0, 0.1) is 6.92 Å². The highest BCUT2D eigenvalue weighted by Crippen LogP contribution is 2.33. The molecule has 0 radical (unpaired) electrons. The van der Waals surface area contributed by atoms with E-state index in [0.717, 1.165) is 16.1 Å². The number of sulfonamides is 1. The fourth-order valence-corrected chi connectivity index (χ4v) is 3.57. The molecule has 1 unspecified atom stereocenters. The van der Waals surface area contributed by atoms with Crippen LogP contribution in [0.25, 0.3) is 0 Å². The normalized spacial score (nSPS) is 12.0. The average molecular weight is 437 g/mol. The molecule has 0 saturated carbocycles.